The molecular formula is C25H27ClN2O3. The quantitative estimate of drug-likeness (QED) is 0.543. The highest BCUT2D eigenvalue weighted by Gasteiger charge is 2.42. The third-order valence-corrected chi connectivity index (χ3v) is 5.98. The van der Waals surface area contributed by atoms with Crippen molar-refractivity contribution in [2.45, 2.75) is 32.1 Å². The molecule has 2 aromatic carbocycles. The molecule has 3 aromatic rings. The van der Waals surface area contributed by atoms with Gasteiger partial charge >= 0.3 is 0 Å². The molecule has 0 aliphatic carbocycles. The highest BCUT2D eigenvalue weighted by atomic mass is 35.5. The van der Waals surface area contributed by atoms with Crippen LogP contribution in [0.25, 0.3) is 10.9 Å². The van der Waals surface area contributed by atoms with E-state index in [1.165, 1.54) is 0 Å². The molecule has 2 heterocycles. The SMILES string of the molecule is CC(C)COc1ccc(NC(=O)C2(c3ccc(Cl)cc3)CCOCC2)c2cccnc12. The number of anilines is 1. The number of nitrogens with one attached hydrogen (secondary N) is 1. The van der Waals surface area contributed by atoms with E-state index in [4.69, 9.17) is 21.1 Å². The number of hydrogen-bond donors (Lipinski definition) is 1. The number of fused-ring (bicyclic) bond motifs is 1. The molecule has 5 nitrogen and oxygen atoms in total. The summed E-state index contributed by atoms with van der Waals surface area (Å²) < 4.78 is 11.5. The van der Waals surface area contributed by atoms with Crippen LogP contribution in [0.15, 0.2) is 54.7 Å². The molecule has 1 aliphatic heterocycles. The molecule has 1 fully saturated rings. The van der Waals surface area contributed by atoms with Crippen LogP contribution in [0.1, 0.15) is 32.3 Å². The lowest BCUT2D eigenvalue weighted by atomic mass is 9.73. The number of amides is 1. The van der Waals surface area contributed by atoms with Gasteiger partial charge in [0.15, 0.2) is 0 Å². The predicted octanol–water partition coefficient (Wildman–Crippen LogP) is 5.61. The number of halogens is 1. The Hall–Kier alpha value is -2.63. The summed E-state index contributed by atoms with van der Waals surface area (Å²) in [4.78, 5) is 18.2. The van der Waals surface area contributed by atoms with Gasteiger partial charge in [-0.3, -0.25) is 9.78 Å². The van der Waals surface area contributed by atoms with E-state index in [-0.39, 0.29) is 5.91 Å². The summed E-state index contributed by atoms with van der Waals surface area (Å²) in [5, 5.41) is 4.69. The molecule has 162 valence electrons. The fourth-order valence-corrected chi connectivity index (χ4v) is 4.13. The molecular weight excluding hydrogens is 412 g/mol. The van der Waals surface area contributed by atoms with Crippen molar-refractivity contribution in [1.29, 1.82) is 0 Å². The largest absolute Gasteiger partial charge is 0.491 e. The van der Waals surface area contributed by atoms with Gasteiger partial charge < -0.3 is 14.8 Å². The zero-order chi connectivity index (χ0) is 21.8. The van der Waals surface area contributed by atoms with Gasteiger partial charge in [-0.2, -0.15) is 0 Å². The first-order valence-electron chi connectivity index (χ1n) is 10.7. The maximum atomic E-state index is 13.7. The molecule has 6 heteroatoms. The van der Waals surface area contributed by atoms with E-state index in [2.05, 4.69) is 24.1 Å². The lowest BCUT2D eigenvalue weighted by Crippen LogP contribution is -2.44. The maximum absolute atomic E-state index is 13.7. The van der Waals surface area contributed by atoms with Gasteiger partial charge in [-0.1, -0.05) is 37.6 Å². The Morgan fingerprint density at radius 1 is 1.16 bits per heavy atom. The Kier molecular flexibility index (Phi) is 6.44. The average Bonchev–Trinajstić information content (AvgIpc) is 2.79. The maximum Gasteiger partial charge on any atom is 0.235 e. The molecule has 4 rings (SSSR count). The van der Waals surface area contributed by atoms with Crippen molar-refractivity contribution >= 4 is 34.1 Å². The van der Waals surface area contributed by atoms with E-state index in [1.807, 2.05) is 48.5 Å². The van der Waals surface area contributed by atoms with Crippen molar-refractivity contribution in [3.05, 3.63) is 65.3 Å². The minimum absolute atomic E-state index is 0.0425. The Bertz CT molecular complexity index is 1060. The van der Waals surface area contributed by atoms with Crippen molar-refractivity contribution in [2.24, 2.45) is 5.92 Å². The molecule has 0 radical (unpaired) electrons. The highest BCUT2D eigenvalue weighted by Crippen LogP contribution is 2.38. The van der Waals surface area contributed by atoms with E-state index in [9.17, 15) is 4.79 Å². The van der Waals surface area contributed by atoms with Crippen LogP contribution in [-0.4, -0.2) is 30.7 Å². The first kappa shape index (κ1) is 21.6. The van der Waals surface area contributed by atoms with Crippen LogP contribution in [0.5, 0.6) is 5.75 Å². The molecule has 0 unspecified atom stereocenters. The third kappa shape index (κ3) is 4.53. The van der Waals surface area contributed by atoms with Gasteiger partial charge in [-0.15, -0.1) is 0 Å². The lowest BCUT2D eigenvalue weighted by molar-refractivity contribution is -0.125. The van der Waals surface area contributed by atoms with Gasteiger partial charge in [-0.25, -0.2) is 0 Å². The summed E-state index contributed by atoms with van der Waals surface area (Å²) in [6.07, 6.45) is 2.97. The van der Waals surface area contributed by atoms with Gasteiger partial charge in [0, 0.05) is 29.8 Å². The van der Waals surface area contributed by atoms with Gasteiger partial charge in [0.2, 0.25) is 5.91 Å². The van der Waals surface area contributed by atoms with E-state index in [0.29, 0.717) is 43.6 Å². The fourth-order valence-electron chi connectivity index (χ4n) is 4.01. The summed E-state index contributed by atoms with van der Waals surface area (Å²) in [6, 6.07) is 15.2. The Morgan fingerprint density at radius 2 is 1.90 bits per heavy atom. The average molecular weight is 439 g/mol. The topological polar surface area (TPSA) is 60.5 Å². The Labute approximate surface area is 187 Å². The molecule has 0 saturated carbocycles. The number of benzene rings is 2. The van der Waals surface area contributed by atoms with Gasteiger partial charge in [0.05, 0.1) is 17.7 Å². The summed E-state index contributed by atoms with van der Waals surface area (Å²) in [7, 11) is 0. The normalized spacial score (nSPS) is 15.7. The lowest BCUT2D eigenvalue weighted by Gasteiger charge is -2.36. The molecule has 0 bridgehead atoms. The number of rotatable bonds is 6. The van der Waals surface area contributed by atoms with E-state index in [1.54, 1.807) is 6.20 Å². The second-order valence-corrected chi connectivity index (χ2v) is 8.81. The summed E-state index contributed by atoms with van der Waals surface area (Å²) >= 11 is 6.09. The summed E-state index contributed by atoms with van der Waals surface area (Å²) in [6.45, 7) is 5.90. The summed E-state index contributed by atoms with van der Waals surface area (Å²) in [5.74, 6) is 1.09. The van der Waals surface area contributed by atoms with Crippen LogP contribution < -0.4 is 10.1 Å². The first-order valence-corrected chi connectivity index (χ1v) is 11.0. The number of ether oxygens (including phenoxy) is 2. The minimum atomic E-state index is -0.663. The highest BCUT2D eigenvalue weighted by molar-refractivity contribution is 6.30. The van der Waals surface area contributed by atoms with Crippen LogP contribution in [0.3, 0.4) is 0 Å². The molecule has 1 amide bonds. The molecule has 31 heavy (non-hydrogen) atoms. The number of pyridine rings is 1. The zero-order valence-electron chi connectivity index (χ0n) is 17.9. The fraction of sp³-hybridized carbons (Fsp3) is 0.360. The van der Waals surface area contributed by atoms with Crippen LogP contribution in [0.2, 0.25) is 5.02 Å². The van der Waals surface area contributed by atoms with Gasteiger partial charge in [-0.05, 0) is 60.7 Å². The van der Waals surface area contributed by atoms with Crippen LogP contribution in [0.4, 0.5) is 5.69 Å². The van der Waals surface area contributed by atoms with E-state index >= 15 is 0 Å². The van der Waals surface area contributed by atoms with Crippen molar-refractivity contribution in [2.75, 3.05) is 25.1 Å². The van der Waals surface area contributed by atoms with Crippen molar-refractivity contribution in [1.82, 2.24) is 4.98 Å². The number of hydrogen-bond acceptors (Lipinski definition) is 4. The van der Waals surface area contributed by atoms with Crippen molar-refractivity contribution < 1.29 is 14.3 Å². The molecule has 1 saturated heterocycles. The number of carbonyl (C=O) groups excluding carboxylic acids is 1. The monoisotopic (exact) mass is 438 g/mol. The minimum Gasteiger partial charge on any atom is -0.491 e. The van der Waals surface area contributed by atoms with Crippen molar-refractivity contribution in [3.63, 3.8) is 0 Å². The third-order valence-electron chi connectivity index (χ3n) is 5.73. The molecule has 0 spiro atoms. The van der Waals surface area contributed by atoms with E-state index < -0.39 is 5.41 Å². The predicted molar refractivity (Wildman–Crippen MR) is 124 cm³/mol. The number of nitrogens with zero attached hydrogens (tertiary/aromatic N) is 1. The smallest absolute Gasteiger partial charge is 0.235 e. The second kappa shape index (κ2) is 9.25. The van der Waals surface area contributed by atoms with Gasteiger partial charge in [0.1, 0.15) is 11.3 Å². The molecule has 1 N–H and O–H groups in total. The number of aromatic nitrogens is 1. The van der Waals surface area contributed by atoms with Crippen LogP contribution >= 0.6 is 11.6 Å². The molecule has 1 aliphatic rings. The molecule has 1 aromatic heterocycles. The first-order chi connectivity index (χ1) is 15.0. The van der Waals surface area contributed by atoms with E-state index in [0.717, 1.165) is 27.9 Å². The van der Waals surface area contributed by atoms with Crippen LogP contribution in [-0.2, 0) is 14.9 Å². The number of carbonyl (C=O) groups is 1. The van der Waals surface area contributed by atoms with Gasteiger partial charge in [0.25, 0.3) is 0 Å². The van der Waals surface area contributed by atoms with Crippen molar-refractivity contribution in [3.8, 4) is 5.75 Å². The zero-order valence-corrected chi connectivity index (χ0v) is 18.6. The second-order valence-electron chi connectivity index (χ2n) is 8.37. The summed E-state index contributed by atoms with van der Waals surface area (Å²) in [5.41, 5.74) is 1.76. The molecule has 0 atom stereocenters. The Balaban J connectivity index is 1.68. The standard InChI is InChI=1S/C25H27ClN2O3/c1-17(2)16-31-22-10-9-21(20-4-3-13-27-23(20)22)28-24(29)25(11-14-30-15-12-25)18-5-7-19(26)8-6-18/h3-10,13,17H,11-12,14-16H2,1-2H3,(H,28,29). The van der Waals surface area contributed by atoms with Crippen LogP contribution in [0, 0.1) is 5.92 Å². The Morgan fingerprint density at radius 3 is 2.61 bits per heavy atom.